The molecule has 1 aromatic carbocycles. The van der Waals surface area contributed by atoms with E-state index in [0.29, 0.717) is 24.8 Å². The van der Waals surface area contributed by atoms with Crippen LogP contribution in [0.3, 0.4) is 0 Å². The number of hydrogen-bond donors (Lipinski definition) is 0. The van der Waals surface area contributed by atoms with E-state index < -0.39 is 26.6 Å². The minimum Gasteiger partial charge on any atom is -0.473 e. The molecule has 0 N–H and O–H groups in total. The molecule has 0 spiro atoms. The van der Waals surface area contributed by atoms with Crippen LogP contribution in [0, 0.1) is 18.6 Å². The molecule has 6 nitrogen and oxygen atoms in total. The lowest BCUT2D eigenvalue weighted by Crippen LogP contribution is -2.42. The fourth-order valence-corrected chi connectivity index (χ4v) is 4.15. The summed E-state index contributed by atoms with van der Waals surface area (Å²) >= 11 is 0. The number of rotatable bonds is 4. The van der Waals surface area contributed by atoms with E-state index in [1.54, 1.807) is 12.1 Å². The van der Waals surface area contributed by atoms with E-state index in [0.717, 1.165) is 17.8 Å². The molecule has 0 amide bonds. The SMILES string of the molecule is Cc1ccc(OC2CCN(S(=O)(=O)c3ccc(F)cc3F)CC2)nn1. The average molecular weight is 369 g/mol. The van der Waals surface area contributed by atoms with Crippen molar-refractivity contribution in [2.24, 2.45) is 0 Å². The summed E-state index contributed by atoms with van der Waals surface area (Å²) in [6, 6.07) is 5.93. The topological polar surface area (TPSA) is 72.4 Å². The number of benzene rings is 1. The van der Waals surface area contributed by atoms with Crippen molar-refractivity contribution in [1.29, 1.82) is 0 Å². The Bertz CT molecular complexity index is 851. The van der Waals surface area contributed by atoms with Crippen molar-refractivity contribution < 1.29 is 21.9 Å². The molecule has 0 radical (unpaired) electrons. The summed E-state index contributed by atoms with van der Waals surface area (Å²) in [4.78, 5) is -0.516. The van der Waals surface area contributed by atoms with Crippen LogP contribution in [0.15, 0.2) is 35.2 Å². The van der Waals surface area contributed by atoms with Crippen LogP contribution in [0.4, 0.5) is 8.78 Å². The normalized spacial score (nSPS) is 16.8. The molecule has 25 heavy (non-hydrogen) atoms. The zero-order chi connectivity index (χ0) is 18.0. The summed E-state index contributed by atoms with van der Waals surface area (Å²) in [6.45, 7) is 2.18. The predicted molar refractivity (Wildman–Crippen MR) is 85.5 cm³/mol. The van der Waals surface area contributed by atoms with Gasteiger partial charge in [-0.15, -0.1) is 5.10 Å². The quantitative estimate of drug-likeness (QED) is 0.827. The Kier molecular flexibility index (Phi) is 4.96. The second-order valence-corrected chi connectivity index (χ2v) is 7.72. The molecule has 0 unspecified atom stereocenters. The van der Waals surface area contributed by atoms with Crippen LogP contribution < -0.4 is 4.74 Å². The zero-order valence-corrected chi connectivity index (χ0v) is 14.3. The van der Waals surface area contributed by atoms with Crippen LogP contribution in [-0.4, -0.2) is 42.1 Å². The number of aryl methyl sites for hydroxylation is 1. The van der Waals surface area contributed by atoms with Crippen LogP contribution in [0.5, 0.6) is 5.88 Å². The van der Waals surface area contributed by atoms with E-state index in [-0.39, 0.29) is 19.2 Å². The van der Waals surface area contributed by atoms with Crippen molar-refractivity contribution >= 4 is 10.0 Å². The highest BCUT2D eigenvalue weighted by molar-refractivity contribution is 7.89. The lowest BCUT2D eigenvalue weighted by molar-refractivity contribution is 0.128. The Morgan fingerprint density at radius 1 is 1.12 bits per heavy atom. The number of aromatic nitrogens is 2. The van der Waals surface area contributed by atoms with E-state index in [4.69, 9.17) is 4.74 Å². The molecule has 3 rings (SSSR count). The molecule has 1 aromatic heterocycles. The molecule has 1 aliphatic heterocycles. The third kappa shape index (κ3) is 3.93. The zero-order valence-electron chi connectivity index (χ0n) is 13.5. The monoisotopic (exact) mass is 369 g/mol. The Balaban J connectivity index is 1.66. The molecule has 2 aromatic rings. The van der Waals surface area contributed by atoms with Gasteiger partial charge in [0.2, 0.25) is 15.9 Å². The van der Waals surface area contributed by atoms with Gasteiger partial charge in [0.1, 0.15) is 22.6 Å². The first kappa shape index (κ1) is 17.7. The maximum absolute atomic E-state index is 13.8. The van der Waals surface area contributed by atoms with Gasteiger partial charge >= 0.3 is 0 Å². The van der Waals surface area contributed by atoms with E-state index >= 15 is 0 Å². The van der Waals surface area contributed by atoms with E-state index in [1.807, 2.05) is 6.92 Å². The lowest BCUT2D eigenvalue weighted by Gasteiger charge is -2.31. The summed E-state index contributed by atoms with van der Waals surface area (Å²) in [7, 11) is -4.00. The molecule has 1 saturated heterocycles. The molecule has 0 saturated carbocycles. The third-order valence-electron chi connectivity index (χ3n) is 3.97. The van der Waals surface area contributed by atoms with Crippen LogP contribution in [0.1, 0.15) is 18.5 Å². The van der Waals surface area contributed by atoms with Gasteiger partial charge in [-0.3, -0.25) is 0 Å². The molecule has 134 valence electrons. The Hall–Kier alpha value is -2.13. The number of piperidine rings is 1. The van der Waals surface area contributed by atoms with E-state index in [2.05, 4.69) is 10.2 Å². The molecule has 0 aliphatic carbocycles. The number of hydrogen-bond acceptors (Lipinski definition) is 5. The third-order valence-corrected chi connectivity index (χ3v) is 5.91. The van der Waals surface area contributed by atoms with Gasteiger partial charge in [-0.2, -0.15) is 9.40 Å². The van der Waals surface area contributed by atoms with Crippen molar-refractivity contribution in [3.63, 3.8) is 0 Å². The van der Waals surface area contributed by atoms with Gasteiger partial charge < -0.3 is 4.74 Å². The van der Waals surface area contributed by atoms with Gasteiger partial charge in [-0.1, -0.05) is 0 Å². The van der Waals surface area contributed by atoms with Gasteiger partial charge in [0.15, 0.2) is 0 Å². The van der Waals surface area contributed by atoms with E-state index in [1.165, 1.54) is 4.31 Å². The molecular formula is C16H17F2N3O3S. The van der Waals surface area contributed by atoms with Gasteiger partial charge in [0.25, 0.3) is 0 Å². The number of halogens is 2. The van der Waals surface area contributed by atoms with Crippen LogP contribution in [0.2, 0.25) is 0 Å². The van der Waals surface area contributed by atoms with Crippen LogP contribution in [-0.2, 0) is 10.0 Å². The van der Waals surface area contributed by atoms with Crippen molar-refractivity contribution in [2.45, 2.75) is 30.8 Å². The number of sulfonamides is 1. The maximum atomic E-state index is 13.8. The second kappa shape index (κ2) is 7.01. The fourth-order valence-electron chi connectivity index (χ4n) is 2.63. The van der Waals surface area contributed by atoms with Crippen molar-refractivity contribution in [1.82, 2.24) is 14.5 Å². The highest BCUT2D eigenvalue weighted by Gasteiger charge is 2.32. The highest BCUT2D eigenvalue weighted by Crippen LogP contribution is 2.25. The van der Waals surface area contributed by atoms with Gasteiger partial charge in [0, 0.05) is 25.2 Å². The summed E-state index contributed by atoms with van der Waals surface area (Å²) < 4.78 is 58.7. The molecule has 0 bridgehead atoms. The van der Waals surface area contributed by atoms with Crippen LogP contribution >= 0.6 is 0 Å². The van der Waals surface area contributed by atoms with Crippen molar-refractivity contribution in [3.8, 4) is 5.88 Å². The second-order valence-electron chi connectivity index (χ2n) is 5.81. The first-order chi connectivity index (χ1) is 11.9. The number of nitrogens with zero attached hydrogens (tertiary/aromatic N) is 3. The van der Waals surface area contributed by atoms with Crippen LogP contribution in [0.25, 0.3) is 0 Å². The Labute approximate surface area is 144 Å². The van der Waals surface area contributed by atoms with Gasteiger partial charge in [-0.25, -0.2) is 17.2 Å². The predicted octanol–water partition coefficient (Wildman–Crippen LogP) is 2.30. The highest BCUT2D eigenvalue weighted by atomic mass is 32.2. The summed E-state index contributed by atoms with van der Waals surface area (Å²) in [5, 5.41) is 7.82. The fraction of sp³-hybridized carbons (Fsp3) is 0.375. The first-order valence-corrected chi connectivity index (χ1v) is 9.22. The first-order valence-electron chi connectivity index (χ1n) is 7.78. The van der Waals surface area contributed by atoms with Crippen molar-refractivity contribution in [2.75, 3.05) is 13.1 Å². The smallest absolute Gasteiger partial charge is 0.245 e. The summed E-state index contributed by atoms with van der Waals surface area (Å²) in [5.74, 6) is -1.52. The summed E-state index contributed by atoms with van der Waals surface area (Å²) in [6.07, 6.45) is 0.691. The Morgan fingerprint density at radius 2 is 1.84 bits per heavy atom. The van der Waals surface area contributed by atoms with Crippen molar-refractivity contribution in [3.05, 3.63) is 47.7 Å². The number of ether oxygens (including phenoxy) is 1. The van der Waals surface area contributed by atoms with Gasteiger partial charge in [-0.05, 0) is 38.0 Å². The minimum absolute atomic E-state index is 0.184. The largest absolute Gasteiger partial charge is 0.473 e. The summed E-state index contributed by atoms with van der Waals surface area (Å²) in [5.41, 5.74) is 0.773. The maximum Gasteiger partial charge on any atom is 0.245 e. The van der Waals surface area contributed by atoms with Gasteiger partial charge in [0.05, 0.1) is 5.69 Å². The van der Waals surface area contributed by atoms with E-state index in [9.17, 15) is 17.2 Å². The molecule has 9 heteroatoms. The standard InChI is InChI=1S/C16H17F2N3O3S/c1-11-2-5-16(20-19-11)24-13-6-8-21(9-7-13)25(22,23)15-4-3-12(17)10-14(15)18/h2-5,10,13H,6-9H2,1H3. The molecular weight excluding hydrogens is 352 g/mol. The lowest BCUT2D eigenvalue weighted by atomic mass is 10.1. The molecule has 1 fully saturated rings. The average Bonchev–Trinajstić information content (AvgIpc) is 2.57. The Morgan fingerprint density at radius 3 is 2.44 bits per heavy atom. The molecule has 2 heterocycles. The molecule has 1 aliphatic rings. The molecule has 0 atom stereocenters. The minimum atomic E-state index is -4.00.